The molecule has 0 spiro atoms. The molecule has 0 bridgehead atoms. The van der Waals surface area contributed by atoms with Gasteiger partial charge in [-0.3, -0.25) is 9.59 Å². The second-order valence-corrected chi connectivity index (χ2v) is 5.14. The molecule has 1 N–H and O–H groups in total. The lowest BCUT2D eigenvalue weighted by Crippen LogP contribution is -2.30. The van der Waals surface area contributed by atoms with E-state index >= 15 is 0 Å². The molecule has 114 valence electrons. The fraction of sp³-hybridized carbons (Fsp3) is 0.176. The molecule has 5 heteroatoms. The molecule has 4 nitrogen and oxygen atoms in total. The summed E-state index contributed by atoms with van der Waals surface area (Å²) < 4.78 is 5.34. The molecule has 0 unspecified atom stereocenters. The number of amides is 1. The fourth-order valence-electron chi connectivity index (χ4n) is 1.84. The summed E-state index contributed by atoms with van der Waals surface area (Å²) in [5.74, 6) is 0.367. The van der Waals surface area contributed by atoms with E-state index in [0.29, 0.717) is 22.9 Å². The van der Waals surface area contributed by atoms with Crippen molar-refractivity contribution in [2.45, 2.75) is 6.42 Å². The lowest BCUT2D eigenvalue weighted by molar-refractivity contribution is -0.123. The number of hydrogen-bond acceptors (Lipinski definition) is 3. The van der Waals surface area contributed by atoms with Gasteiger partial charge >= 0.3 is 0 Å². The van der Waals surface area contributed by atoms with Crippen LogP contribution in [0.1, 0.15) is 15.9 Å². The van der Waals surface area contributed by atoms with Gasteiger partial charge in [0.1, 0.15) is 12.0 Å². The minimum atomic E-state index is -0.187. The third kappa shape index (κ3) is 5.22. The molecule has 0 aromatic heterocycles. The minimum absolute atomic E-state index is 0.0545. The average molecular weight is 318 g/mol. The second kappa shape index (κ2) is 8.20. The van der Waals surface area contributed by atoms with E-state index in [9.17, 15) is 9.59 Å². The van der Waals surface area contributed by atoms with Gasteiger partial charge in [-0.05, 0) is 48.4 Å². The van der Waals surface area contributed by atoms with Crippen LogP contribution in [0.2, 0.25) is 5.02 Å². The van der Waals surface area contributed by atoms with Gasteiger partial charge in [-0.25, -0.2) is 0 Å². The van der Waals surface area contributed by atoms with Gasteiger partial charge in [-0.2, -0.15) is 0 Å². The number of halogens is 1. The molecule has 0 heterocycles. The van der Waals surface area contributed by atoms with Crippen molar-refractivity contribution in [3.05, 3.63) is 64.7 Å². The van der Waals surface area contributed by atoms with Crippen LogP contribution in [0, 0.1) is 0 Å². The number of aldehydes is 1. The van der Waals surface area contributed by atoms with Crippen molar-refractivity contribution < 1.29 is 14.3 Å². The molecule has 1 amide bonds. The van der Waals surface area contributed by atoms with Gasteiger partial charge in [0, 0.05) is 17.1 Å². The summed E-state index contributed by atoms with van der Waals surface area (Å²) >= 11 is 5.81. The number of rotatable bonds is 7. The predicted octanol–water partition coefficient (Wildman–Crippen LogP) is 2.89. The summed E-state index contributed by atoms with van der Waals surface area (Å²) in [5, 5.41) is 3.48. The van der Waals surface area contributed by atoms with Gasteiger partial charge < -0.3 is 10.1 Å². The van der Waals surface area contributed by atoms with Crippen LogP contribution in [0.3, 0.4) is 0 Å². The van der Waals surface area contributed by atoms with Crippen molar-refractivity contribution in [2.75, 3.05) is 13.2 Å². The van der Waals surface area contributed by atoms with Gasteiger partial charge in [0.25, 0.3) is 5.91 Å². The highest BCUT2D eigenvalue weighted by Gasteiger charge is 2.03. The van der Waals surface area contributed by atoms with Crippen molar-refractivity contribution in [2.24, 2.45) is 0 Å². The zero-order chi connectivity index (χ0) is 15.8. The number of carbonyl (C=O) groups excluding carboxylic acids is 2. The molecule has 2 rings (SSSR count). The molecule has 2 aromatic carbocycles. The van der Waals surface area contributed by atoms with Crippen LogP contribution in [0.5, 0.6) is 5.75 Å². The molecule has 0 aliphatic carbocycles. The maximum absolute atomic E-state index is 11.7. The van der Waals surface area contributed by atoms with Gasteiger partial charge in [0.2, 0.25) is 0 Å². The Morgan fingerprint density at radius 1 is 1.09 bits per heavy atom. The largest absolute Gasteiger partial charge is 0.484 e. The Morgan fingerprint density at radius 2 is 1.77 bits per heavy atom. The Hall–Kier alpha value is -2.33. The zero-order valence-corrected chi connectivity index (χ0v) is 12.7. The van der Waals surface area contributed by atoms with E-state index in [4.69, 9.17) is 16.3 Å². The Balaban J connectivity index is 1.69. The summed E-state index contributed by atoms with van der Waals surface area (Å²) in [6.45, 7) is 0.481. The quantitative estimate of drug-likeness (QED) is 0.799. The monoisotopic (exact) mass is 317 g/mol. The maximum Gasteiger partial charge on any atom is 0.257 e. The second-order valence-electron chi connectivity index (χ2n) is 4.70. The van der Waals surface area contributed by atoms with Crippen LogP contribution in [-0.2, 0) is 11.2 Å². The Morgan fingerprint density at radius 3 is 2.41 bits per heavy atom. The number of benzene rings is 2. The maximum atomic E-state index is 11.7. The molecule has 0 fully saturated rings. The third-order valence-electron chi connectivity index (χ3n) is 3.04. The third-order valence-corrected chi connectivity index (χ3v) is 3.29. The molecule has 0 aliphatic heterocycles. The minimum Gasteiger partial charge on any atom is -0.484 e. The SMILES string of the molecule is O=Cc1ccc(OCC(=O)NCCc2ccc(Cl)cc2)cc1. The van der Waals surface area contributed by atoms with Crippen LogP contribution < -0.4 is 10.1 Å². The first-order valence-electron chi connectivity index (χ1n) is 6.86. The van der Waals surface area contributed by atoms with Crippen LogP contribution in [-0.4, -0.2) is 25.3 Å². The molecular formula is C17H16ClNO3. The number of ether oxygens (including phenoxy) is 1. The highest BCUT2D eigenvalue weighted by Crippen LogP contribution is 2.11. The Labute approximate surface area is 134 Å². The van der Waals surface area contributed by atoms with Gasteiger partial charge in [0.05, 0.1) is 0 Å². The first-order valence-corrected chi connectivity index (χ1v) is 7.24. The molecular weight excluding hydrogens is 302 g/mol. The summed E-state index contributed by atoms with van der Waals surface area (Å²) in [6.07, 6.45) is 1.49. The fourth-order valence-corrected chi connectivity index (χ4v) is 1.97. The summed E-state index contributed by atoms with van der Waals surface area (Å²) in [6, 6.07) is 14.1. The summed E-state index contributed by atoms with van der Waals surface area (Å²) in [4.78, 5) is 22.2. The lowest BCUT2D eigenvalue weighted by Gasteiger charge is -2.08. The average Bonchev–Trinajstić information content (AvgIpc) is 2.55. The standard InChI is InChI=1S/C17H16ClNO3/c18-15-5-1-13(2-6-15)9-10-19-17(21)12-22-16-7-3-14(11-20)4-8-16/h1-8,11H,9-10,12H2,(H,19,21). The van der Waals surface area contributed by atoms with Crippen molar-refractivity contribution >= 4 is 23.8 Å². The van der Waals surface area contributed by atoms with Crippen molar-refractivity contribution in [3.63, 3.8) is 0 Å². The van der Waals surface area contributed by atoms with Gasteiger partial charge in [-0.1, -0.05) is 23.7 Å². The van der Waals surface area contributed by atoms with Gasteiger partial charge in [0.15, 0.2) is 6.61 Å². The van der Waals surface area contributed by atoms with Crippen LogP contribution in [0.15, 0.2) is 48.5 Å². The van der Waals surface area contributed by atoms with E-state index in [1.807, 2.05) is 24.3 Å². The highest BCUT2D eigenvalue weighted by atomic mass is 35.5. The predicted molar refractivity (Wildman–Crippen MR) is 85.5 cm³/mol. The molecule has 0 saturated heterocycles. The van der Waals surface area contributed by atoms with Crippen LogP contribution in [0.25, 0.3) is 0 Å². The van der Waals surface area contributed by atoms with Gasteiger partial charge in [-0.15, -0.1) is 0 Å². The van der Waals surface area contributed by atoms with Crippen LogP contribution in [0.4, 0.5) is 0 Å². The van der Waals surface area contributed by atoms with Crippen LogP contribution >= 0.6 is 11.6 Å². The Bertz CT molecular complexity index is 623. The number of hydrogen-bond donors (Lipinski definition) is 1. The van der Waals surface area contributed by atoms with E-state index in [1.165, 1.54) is 0 Å². The molecule has 0 radical (unpaired) electrons. The molecule has 22 heavy (non-hydrogen) atoms. The van der Waals surface area contributed by atoms with Crippen molar-refractivity contribution in [1.82, 2.24) is 5.32 Å². The normalized spacial score (nSPS) is 10.0. The summed E-state index contributed by atoms with van der Waals surface area (Å²) in [7, 11) is 0. The highest BCUT2D eigenvalue weighted by molar-refractivity contribution is 6.30. The van der Waals surface area contributed by atoms with E-state index in [1.54, 1.807) is 24.3 Å². The molecule has 0 saturated carbocycles. The van der Waals surface area contributed by atoms with E-state index < -0.39 is 0 Å². The van der Waals surface area contributed by atoms with E-state index in [0.717, 1.165) is 18.3 Å². The summed E-state index contributed by atoms with van der Waals surface area (Å²) in [5.41, 5.74) is 1.68. The number of carbonyl (C=O) groups is 2. The molecule has 0 aliphatic rings. The molecule has 2 aromatic rings. The molecule has 0 atom stereocenters. The Kier molecular flexibility index (Phi) is 5.98. The zero-order valence-electron chi connectivity index (χ0n) is 11.9. The number of nitrogens with one attached hydrogen (secondary N) is 1. The lowest BCUT2D eigenvalue weighted by atomic mass is 10.1. The van der Waals surface area contributed by atoms with Crippen molar-refractivity contribution in [3.8, 4) is 5.75 Å². The van der Waals surface area contributed by atoms with E-state index in [-0.39, 0.29) is 12.5 Å². The first kappa shape index (κ1) is 16.0. The van der Waals surface area contributed by atoms with E-state index in [2.05, 4.69) is 5.32 Å². The smallest absolute Gasteiger partial charge is 0.257 e. The first-order chi connectivity index (χ1) is 10.7. The topological polar surface area (TPSA) is 55.4 Å². The van der Waals surface area contributed by atoms with Crippen molar-refractivity contribution in [1.29, 1.82) is 0 Å².